The van der Waals surface area contributed by atoms with Crippen molar-refractivity contribution in [3.63, 3.8) is 0 Å². The first-order chi connectivity index (χ1) is 6.24. The van der Waals surface area contributed by atoms with Crippen molar-refractivity contribution in [3.05, 3.63) is 41.2 Å². The van der Waals surface area contributed by atoms with Crippen LogP contribution in [0.5, 0.6) is 0 Å². The minimum atomic E-state index is -1.21. The van der Waals surface area contributed by atoms with Crippen LogP contribution in [0, 0.1) is 6.57 Å². The normalized spacial score (nSPS) is 18.8. The second kappa shape index (κ2) is 2.82. The minimum absolute atomic E-state index is 0.379. The number of benzene rings is 1. The number of nitrogens with one attached hydrogen (secondary N) is 1. The summed E-state index contributed by atoms with van der Waals surface area (Å²) in [5.41, 5.74) is 0.0129. The van der Waals surface area contributed by atoms with Gasteiger partial charge in [0, 0.05) is 13.1 Å². The molecule has 1 saturated heterocycles. The van der Waals surface area contributed by atoms with Crippen molar-refractivity contribution in [3.8, 4) is 0 Å². The van der Waals surface area contributed by atoms with E-state index in [-0.39, 0.29) is 0 Å². The maximum atomic E-state index is 13.7. The molecule has 0 amide bonds. The topological polar surface area (TPSA) is 16.4 Å². The van der Waals surface area contributed by atoms with E-state index in [1.165, 1.54) is 0 Å². The fourth-order valence-electron chi connectivity index (χ4n) is 1.38. The smallest absolute Gasteiger partial charge is 0.187 e. The van der Waals surface area contributed by atoms with E-state index >= 15 is 0 Å². The Balaban J connectivity index is 2.28. The van der Waals surface area contributed by atoms with E-state index in [0.717, 1.165) is 0 Å². The molecule has 0 bridgehead atoms. The van der Waals surface area contributed by atoms with E-state index in [0.29, 0.717) is 24.3 Å². The third-order valence-corrected chi connectivity index (χ3v) is 2.32. The van der Waals surface area contributed by atoms with Gasteiger partial charge in [-0.25, -0.2) is 9.24 Å². The first kappa shape index (κ1) is 8.21. The third kappa shape index (κ3) is 1.30. The summed E-state index contributed by atoms with van der Waals surface area (Å²) in [6.07, 6.45) is 0. The van der Waals surface area contributed by atoms with E-state index in [9.17, 15) is 4.39 Å². The predicted molar refractivity (Wildman–Crippen MR) is 48.4 cm³/mol. The van der Waals surface area contributed by atoms with E-state index in [1.807, 2.05) is 0 Å². The van der Waals surface area contributed by atoms with Crippen LogP contribution in [-0.4, -0.2) is 13.1 Å². The minimum Gasteiger partial charge on any atom is -0.310 e. The zero-order valence-electron chi connectivity index (χ0n) is 7.05. The van der Waals surface area contributed by atoms with Gasteiger partial charge in [0.2, 0.25) is 0 Å². The van der Waals surface area contributed by atoms with Crippen molar-refractivity contribution in [2.24, 2.45) is 0 Å². The number of hydrogen-bond donors (Lipinski definition) is 1. The first-order valence-electron chi connectivity index (χ1n) is 4.12. The molecule has 2 rings (SSSR count). The van der Waals surface area contributed by atoms with Gasteiger partial charge in [-0.2, -0.15) is 0 Å². The number of hydrogen-bond acceptors (Lipinski definition) is 1. The Hall–Kier alpha value is -1.40. The van der Waals surface area contributed by atoms with E-state index in [1.54, 1.807) is 24.3 Å². The molecule has 3 heteroatoms. The first-order valence-corrected chi connectivity index (χ1v) is 4.12. The van der Waals surface area contributed by atoms with Gasteiger partial charge in [0.15, 0.2) is 11.4 Å². The molecule has 0 aromatic heterocycles. The maximum Gasteiger partial charge on any atom is 0.187 e. The van der Waals surface area contributed by atoms with Crippen LogP contribution in [0.25, 0.3) is 4.85 Å². The second-order valence-electron chi connectivity index (χ2n) is 3.23. The highest BCUT2D eigenvalue weighted by Crippen LogP contribution is 2.30. The summed E-state index contributed by atoms with van der Waals surface area (Å²) < 4.78 is 13.7. The van der Waals surface area contributed by atoms with Crippen molar-refractivity contribution >= 4 is 5.69 Å². The maximum absolute atomic E-state index is 13.7. The molecule has 0 atom stereocenters. The molecule has 0 unspecified atom stereocenters. The summed E-state index contributed by atoms with van der Waals surface area (Å²) in [5.74, 6) is 0. The average molecular weight is 176 g/mol. The van der Waals surface area contributed by atoms with Crippen LogP contribution in [0.3, 0.4) is 0 Å². The molecule has 1 aliphatic heterocycles. The molecule has 0 aliphatic carbocycles. The number of rotatable bonds is 1. The Kier molecular flexibility index (Phi) is 1.78. The van der Waals surface area contributed by atoms with Crippen molar-refractivity contribution in [1.29, 1.82) is 0 Å². The van der Waals surface area contributed by atoms with Crippen LogP contribution < -0.4 is 5.32 Å². The molecule has 1 heterocycles. The van der Waals surface area contributed by atoms with E-state index < -0.39 is 5.67 Å². The Labute approximate surface area is 76.2 Å². The van der Waals surface area contributed by atoms with Crippen molar-refractivity contribution < 1.29 is 4.39 Å². The third-order valence-electron chi connectivity index (χ3n) is 2.32. The Morgan fingerprint density at radius 3 is 2.31 bits per heavy atom. The number of alkyl halides is 1. The molecule has 1 aliphatic rings. The number of nitrogens with zero attached hydrogens (tertiary/aromatic N) is 1. The molecule has 1 aromatic carbocycles. The summed E-state index contributed by atoms with van der Waals surface area (Å²) in [6.45, 7) is 7.51. The van der Waals surface area contributed by atoms with E-state index in [2.05, 4.69) is 10.2 Å². The van der Waals surface area contributed by atoms with Gasteiger partial charge in [0.25, 0.3) is 0 Å². The summed E-state index contributed by atoms with van der Waals surface area (Å²) in [6, 6.07) is 6.69. The van der Waals surface area contributed by atoms with Crippen LogP contribution in [0.4, 0.5) is 10.1 Å². The molecule has 2 nitrogen and oxygen atoms in total. The molecule has 1 aromatic rings. The molecule has 1 N–H and O–H groups in total. The highest BCUT2D eigenvalue weighted by molar-refractivity contribution is 5.46. The number of halogens is 1. The van der Waals surface area contributed by atoms with Crippen LogP contribution >= 0.6 is 0 Å². The quantitative estimate of drug-likeness (QED) is 0.647. The van der Waals surface area contributed by atoms with Crippen LogP contribution in [0.1, 0.15) is 5.56 Å². The predicted octanol–water partition coefficient (Wildman–Crippen LogP) is 2.01. The highest BCUT2D eigenvalue weighted by Gasteiger charge is 2.38. The molecule has 0 radical (unpaired) electrons. The van der Waals surface area contributed by atoms with Gasteiger partial charge >= 0.3 is 0 Å². The molecule has 1 fully saturated rings. The molecular weight excluding hydrogens is 167 g/mol. The van der Waals surface area contributed by atoms with Gasteiger partial charge in [-0.3, -0.25) is 0 Å². The molecule has 0 spiro atoms. The second-order valence-corrected chi connectivity index (χ2v) is 3.23. The zero-order chi connectivity index (χ0) is 9.31. The van der Waals surface area contributed by atoms with Gasteiger partial charge in [-0.1, -0.05) is 24.3 Å². The van der Waals surface area contributed by atoms with Crippen LogP contribution in [0.2, 0.25) is 0 Å². The molecule has 13 heavy (non-hydrogen) atoms. The van der Waals surface area contributed by atoms with Gasteiger partial charge in [0.1, 0.15) is 0 Å². The standard InChI is InChI=1S/C10H9FN2/c1-12-9-4-2-8(3-5-9)10(11)6-13-7-10/h2-5,13H,6-7H2. The lowest BCUT2D eigenvalue weighted by atomic mass is 9.90. The summed E-state index contributed by atoms with van der Waals surface area (Å²) in [5, 5.41) is 2.89. The molecule has 0 saturated carbocycles. The Morgan fingerprint density at radius 2 is 1.92 bits per heavy atom. The lowest BCUT2D eigenvalue weighted by Gasteiger charge is -2.35. The fraction of sp³-hybridized carbons (Fsp3) is 0.300. The molecule has 66 valence electrons. The summed E-state index contributed by atoms with van der Waals surface area (Å²) in [7, 11) is 0. The van der Waals surface area contributed by atoms with Gasteiger partial charge in [0.05, 0.1) is 6.57 Å². The average Bonchev–Trinajstić information content (AvgIpc) is 2.14. The lowest BCUT2D eigenvalue weighted by Crippen LogP contribution is -2.53. The van der Waals surface area contributed by atoms with Crippen LogP contribution in [0.15, 0.2) is 24.3 Å². The zero-order valence-corrected chi connectivity index (χ0v) is 7.05. The fourth-order valence-corrected chi connectivity index (χ4v) is 1.38. The molecular formula is C10H9FN2. The van der Waals surface area contributed by atoms with Gasteiger partial charge in [-0.15, -0.1) is 0 Å². The van der Waals surface area contributed by atoms with Crippen molar-refractivity contribution in [1.82, 2.24) is 5.32 Å². The summed E-state index contributed by atoms with van der Waals surface area (Å²) in [4.78, 5) is 3.25. The van der Waals surface area contributed by atoms with Gasteiger partial charge < -0.3 is 5.32 Å². The Bertz CT molecular complexity index is 346. The summed E-state index contributed by atoms with van der Waals surface area (Å²) >= 11 is 0. The van der Waals surface area contributed by atoms with Gasteiger partial charge in [-0.05, 0) is 5.56 Å². The van der Waals surface area contributed by atoms with E-state index in [4.69, 9.17) is 6.57 Å². The largest absolute Gasteiger partial charge is 0.310 e. The SMILES string of the molecule is [C-]#[N+]c1ccc(C2(F)CNC2)cc1. The Morgan fingerprint density at radius 1 is 1.31 bits per heavy atom. The lowest BCUT2D eigenvalue weighted by molar-refractivity contribution is 0.0892. The monoisotopic (exact) mass is 176 g/mol. The van der Waals surface area contributed by atoms with Crippen molar-refractivity contribution in [2.75, 3.05) is 13.1 Å². The van der Waals surface area contributed by atoms with Crippen LogP contribution in [-0.2, 0) is 5.67 Å². The van der Waals surface area contributed by atoms with Crippen molar-refractivity contribution in [2.45, 2.75) is 5.67 Å². The highest BCUT2D eigenvalue weighted by atomic mass is 19.1.